The van der Waals surface area contributed by atoms with E-state index in [1.807, 2.05) is 0 Å². The third-order valence-electron chi connectivity index (χ3n) is 11.8. The number of fused-ring (bicyclic) bond motifs is 9. The third-order valence-corrected chi connectivity index (χ3v) is 11.8. The minimum Gasteiger partial charge on any atom is -0.309 e. The number of aromatic nitrogens is 3. The molecule has 57 heavy (non-hydrogen) atoms. The second-order valence-corrected chi connectivity index (χ2v) is 15.0. The molecule has 266 valence electrons. The van der Waals surface area contributed by atoms with E-state index in [-0.39, 0.29) is 0 Å². The van der Waals surface area contributed by atoms with Gasteiger partial charge in [0.25, 0.3) is 0 Å². The van der Waals surface area contributed by atoms with E-state index in [1.54, 1.807) is 0 Å². The summed E-state index contributed by atoms with van der Waals surface area (Å²) < 4.78 is 7.17. The first-order valence-corrected chi connectivity index (χ1v) is 19.6. The molecule has 9 aromatic carbocycles. The first kappa shape index (κ1) is 31.7. The van der Waals surface area contributed by atoms with Crippen LogP contribution in [0.5, 0.6) is 0 Å². The van der Waals surface area contributed by atoms with Gasteiger partial charge in [-0.3, -0.25) is 0 Å². The van der Waals surface area contributed by atoms with Gasteiger partial charge in [-0.2, -0.15) is 0 Å². The normalized spacial score (nSPS) is 11.9. The van der Waals surface area contributed by atoms with Gasteiger partial charge in [-0.05, 0) is 107 Å². The Morgan fingerprint density at radius 1 is 0.193 bits per heavy atom. The molecule has 3 heteroatoms. The number of nitrogens with zero attached hydrogens (tertiary/aromatic N) is 3. The molecule has 12 rings (SSSR count). The SMILES string of the molecule is c1ccc(-n2c3ccccc3c3cc(-c4ccc5c(c4)c4ccccc4n5-c4ccc(-c5ccc6c7ccccc7n(-c7ccccc7)c6c5)cc4)ccc32)cc1. The predicted octanol–water partition coefficient (Wildman–Crippen LogP) is 14.3. The molecule has 0 bridgehead atoms. The molecule has 0 radical (unpaired) electrons. The minimum absolute atomic E-state index is 1.15. The monoisotopic (exact) mass is 725 g/mol. The lowest BCUT2D eigenvalue weighted by Crippen LogP contribution is -1.94. The van der Waals surface area contributed by atoms with Crippen molar-refractivity contribution in [2.45, 2.75) is 0 Å². The summed E-state index contributed by atoms with van der Waals surface area (Å²) >= 11 is 0. The van der Waals surface area contributed by atoms with Crippen LogP contribution in [0.2, 0.25) is 0 Å². The summed E-state index contributed by atoms with van der Waals surface area (Å²) in [7, 11) is 0. The second kappa shape index (κ2) is 12.5. The van der Waals surface area contributed by atoms with Crippen LogP contribution in [0.4, 0.5) is 0 Å². The fraction of sp³-hybridized carbons (Fsp3) is 0. The smallest absolute Gasteiger partial charge is 0.0547 e. The maximum Gasteiger partial charge on any atom is 0.0547 e. The van der Waals surface area contributed by atoms with Gasteiger partial charge in [-0.1, -0.05) is 127 Å². The Balaban J connectivity index is 0.957. The zero-order valence-corrected chi connectivity index (χ0v) is 31.0. The Labute approximate surface area is 329 Å². The summed E-state index contributed by atoms with van der Waals surface area (Å²) in [6.07, 6.45) is 0. The average Bonchev–Trinajstić information content (AvgIpc) is 3.92. The first-order chi connectivity index (χ1) is 28.3. The van der Waals surface area contributed by atoms with Crippen LogP contribution < -0.4 is 0 Å². The van der Waals surface area contributed by atoms with Crippen molar-refractivity contribution in [3.8, 4) is 39.3 Å². The molecule has 0 spiro atoms. The van der Waals surface area contributed by atoms with Crippen LogP contribution in [-0.4, -0.2) is 13.7 Å². The van der Waals surface area contributed by atoms with Gasteiger partial charge in [0.05, 0.1) is 33.1 Å². The minimum atomic E-state index is 1.15. The van der Waals surface area contributed by atoms with Crippen LogP contribution in [0.15, 0.2) is 212 Å². The van der Waals surface area contributed by atoms with Crippen LogP contribution in [0.3, 0.4) is 0 Å². The molecule has 0 aliphatic carbocycles. The quantitative estimate of drug-likeness (QED) is 0.168. The number of hydrogen-bond donors (Lipinski definition) is 0. The predicted molar refractivity (Wildman–Crippen MR) is 240 cm³/mol. The van der Waals surface area contributed by atoms with E-state index >= 15 is 0 Å². The Bertz CT molecular complexity index is 3490. The molecular weight excluding hydrogens is 691 g/mol. The van der Waals surface area contributed by atoms with Crippen molar-refractivity contribution in [1.29, 1.82) is 0 Å². The fourth-order valence-corrected chi connectivity index (χ4v) is 9.25. The van der Waals surface area contributed by atoms with Gasteiger partial charge in [-0.15, -0.1) is 0 Å². The Kier molecular flexibility index (Phi) is 6.93. The topological polar surface area (TPSA) is 14.8 Å². The lowest BCUT2D eigenvalue weighted by molar-refractivity contribution is 1.18. The van der Waals surface area contributed by atoms with Crippen LogP contribution in [0, 0.1) is 0 Å². The van der Waals surface area contributed by atoms with E-state index in [0.29, 0.717) is 0 Å². The lowest BCUT2D eigenvalue weighted by Gasteiger charge is -2.11. The molecule has 0 aliphatic rings. The number of hydrogen-bond acceptors (Lipinski definition) is 0. The molecule has 0 saturated heterocycles. The van der Waals surface area contributed by atoms with Crippen LogP contribution in [0.25, 0.3) is 105 Å². The highest BCUT2D eigenvalue weighted by Crippen LogP contribution is 2.39. The molecule has 0 amide bonds. The van der Waals surface area contributed by atoms with E-state index in [9.17, 15) is 0 Å². The largest absolute Gasteiger partial charge is 0.309 e. The van der Waals surface area contributed by atoms with E-state index in [1.165, 1.54) is 99.0 Å². The molecular formula is C54H35N3. The molecule has 3 nitrogen and oxygen atoms in total. The lowest BCUT2D eigenvalue weighted by atomic mass is 10.0. The summed E-state index contributed by atoms with van der Waals surface area (Å²) in [4.78, 5) is 0. The molecule has 0 aliphatic heterocycles. The van der Waals surface area contributed by atoms with Crippen LogP contribution >= 0.6 is 0 Å². The summed E-state index contributed by atoms with van der Waals surface area (Å²) in [5, 5.41) is 7.55. The summed E-state index contributed by atoms with van der Waals surface area (Å²) in [5.41, 5.74) is 15.6. The van der Waals surface area contributed by atoms with Gasteiger partial charge in [0.2, 0.25) is 0 Å². The maximum atomic E-state index is 2.41. The van der Waals surface area contributed by atoms with Gasteiger partial charge in [0.15, 0.2) is 0 Å². The average molecular weight is 726 g/mol. The zero-order valence-electron chi connectivity index (χ0n) is 31.0. The van der Waals surface area contributed by atoms with Crippen molar-refractivity contribution in [2.75, 3.05) is 0 Å². The van der Waals surface area contributed by atoms with Crippen molar-refractivity contribution in [3.05, 3.63) is 212 Å². The highest BCUT2D eigenvalue weighted by Gasteiger charge is 2.17. The summed E-state index contributed by atoms with van der Waals surface area (Å²) in [5.74, 6) is 0. The van der Waals surface area contributed by atoms with Crippen LogP contribution in [-0.2, 0) is 0 Å². The Morgan fingerprint density at radius 3 is 1.04 bits per heavy atom. The number of rotatable bonds is 5. The van der Waals surface area contributed by atoms with Gasteiger partial charge < -0.3 is 13.7 Å². The maximum absolute atomic E-state index is 2.41. The van der Waals surface area contributed by atoms with Crippen molar-refractivity contribution in [1.82, 2.24) is 13.7 Å². The van der Waals surface area contributed by atoms with E-state index in [0.717, 1.165) is 5.69 Å². The van der Waals surface area contributed by atoms with E-state index < -0.39 is 0 Å². The van der Waals surface area contributed by atoms with Gasteiger partial charge in [0, 0.05) is 49.4 Å². The molecule has 0 unspecified atom stereocenters. The van der Waals surface area contributed by atoms with Crippen molar-refractivity contribution in [2.24, 2.45) is 0 Å². The third kappa shape index (κ3) is 4.86. The van der Waals surface area contributed by atoms with E-state index in [2.05, 4.69) is 226 Å². The molecule has 0 atom stereocenters. The Hall–Kier alpha value is -7.62. The van der Waals surface area contributed by atoms with Crippen LogP contribution in [0.1, 0.15) is 0 Å². The fourth-order valence-electron chi connectivity index (χ4n) is 9.25. The summed E-state index contributed by atoms with van der Waals surface area (Å²) in [6, 6.07) is 77.4. The first-order valence-electron chi connectivity index (χ1n) is 19.6. The Morgan fingerprint density at radius 2 is 0.526 bits per heavy atom. The zero-order chi connectivity index (χ0) is 37.5. The van der Waals surface area contributed by atoms with Crippen molar-refractivity contribution >= 4 is 65.4 Å². The standard InChI is InChI=1S/C54H35N3/c1-3-13-40(14-4-1)55-50-21-11-8-18-44(50)47-33-37(26-31-52(47)55)38-27-32-53-48(34-38)45-19-9-12-22-51(45)56(53)42-28-23-36(24-29-42)39-25-30-46-43-17-7-10-20-49(43)57(54(46)35-39)41-15-5-2-6-16-41/h1-35H. The van der Waals surface area contributed by atoms with Gasteiger partial charge in [-0.25, -0.2) is 0 Å². The second-order valence-electron chi connectivity index (χ2n) is 15.0. The van der Waals surface area contributed by atoms with E-state index in [4.69, 9.17) is 0 Å². The molecule has 3 heterocycles. The highest BCUT2D eigenvalue weighted by molar-refractivity contribution is 6.13. The molecule has 3 aromatic heterocycles. The number of para-hydroxylation sites is 5. The van der Waals surface area contributed by atoms with Crippen molar-refractivity contribution < 1.29 is 0 Å². The van der Waals surface area contributed by atoms with Gasteiger partial charge >= 0.3 is 0 Å². The summed E-state index contributed by atoms with van der Waals surface area (Å²) in [6.45, 7) is 0. The molecule has 0 fully saturated rings. The highest BCUT2D eigenvalue weighted by atomic mass is 15.0. The number of benzene rings is 9. The van der Waals surface area contributed by atoms with Gasteiger partial charge in [0.1, 0.15) is 0 Å². The molecule has 0 saturated carbocycles. The molecule has 12 aromatic rings. The van der Waals surface area contributed by atoms with Crippen molar-refractivity contribution in [3.63, 3.8) is 0 Å². The molecule has 0 N–H and O–H groups in total.